The van der Waals surface area contributed by atoms with Crippen LogP contribution in [0.25, 0.3) is 16.9 Å². The van der Waals surface area contributed by atoms with Gasteiger partial charge in [-0.05, 0) is 24.3 Å². The molecular formula is C20H15Br2FN2O4. The van der Waals surface area contributed by atoms with E-state index >= 15 is 4.39 Å². The molecule has 0 bridgehead atoms. The summed E-state index contributed by atoms with van der Waals surface area (Å²) in [4.78, 5) is 25.2. The molecule has 2 aromatic carbocycles. The zero-order valence-electron chi connectivity index (χ0n) is 15.4. The minimum atomic E-state index is -0.828. The maximum atomic E-state index is 15.2. The molecule has 29 heavy (non-hydrogen) atoms. The average molecular weight is 526 g/mol. The number of esters is 2. The van der Waals surface area contributed by atoms with Gasteiger partial charge in [0, 0.05) is 20.9 Å². The van der Waals surface area contributed by atoms with Gasteiger partial charge in [-0.15, -0.1) is 0 Å². The molecule has 1 heterocycles. The number of nitrogens with zero attached hydrogens (tertiary/aromatic N) is 2. The first-order valence-corrected chi connectivity index (χ1v) is 10.2. The fourth-order valence-corrected chi connectivity index (χ4v) is 4.22. The molecule has 0 saturated carbocycles. The van der Waals surface area contributed by atoms with Gasteiger partial charge in [0.25, 0.3) is 0 Å². The van der Waals surface area contributed by atoms with Crippen molar-refractivity contribution < 1.29 is 23.5 Å². The summed E-state index contributed by atoms with van der Waals surface area (Å²) in [6.07, 6.45) is 0. The Balaban J connectivity index is 2.41. The minimum absolute atomic E-state index is 0.0201. The van der Waals surface area contributed by atoms with E-state index in [2.05, 4.69) is 37.0 Å². The van der Waals surface area contributed by atoms with E-state index in [9.17, 15) is 9.59 Å². The molecule has 0 radical (unpaired) electrons. The van der Waals surface area contributed by atoms with Crippen LogP contribution in [0.15, 0.2) is 46.9 Å². The highest BCUT2D eigenvalue weighted by Gasteiger charge is 2.32. The zero-order chi connectivity index (χ0) is 21.1. The number of benzene rings is 2. The van der Waals surface area contributed by atoms with Gasteiger partial charge in [-0.2, -0.15) is 5.10 Å². The molecule has 1 aromatic heterocycles. The molecule has 0 aliphatic heterocycles. The molecule has 6 nitrogen and oxygen atoms in total. The number of aromatic nitrogens is 2. The summed E-state index contributed by atoms with van der Waals surface area (Å²) in [6, 6.07) is 11.8. The molecule has 0 spiro atoms. The summed E-state index contributed by atoms with van der Waals surface area (Å²) in [7, 11) is 2.36. The molecule has 0 amide bonds. The predicted octanol–water partition coefficient (Wildman–Crippen LogP) is 4.91. The second kappa shape index (κ2) is 8.87. The van der Waals surface area contributed by atoms with Gasteiger partial charge in [0.2, 0.25) is 0 Å². The van der Waals surface area contributed by atoms with Crippen molar-refractivity contribution >= 4 is 43.8 Å². The molecule has 0 N–H and O–H groups in total. The van der Waals surface area contributed by atoms with E-state index in [1.165, 1.54) is 25.0 Å². The van der Waals surface area contributed by atoms with Crippen molar-refractivity contribution in [3.8, 4) is 16.9 Å². The van der Waals surface area contributed by atoms with Crippen LogP contribution >= 0.6 is 31.9 Å². The number of ether oxygens (including phenoxy) is 2. The van der Waals surface area contributed by atoms with Crippen LogP contribution in [0, 0.1) is 5.82 Å². The molecule has 0 atom stereocenters. The van der Waals surface area contributed by atoms with E-state index < -0.39 is 17.8 Å². The summed E-state index contributed by atoms with van der Waals surface area (Å²) >= 11 is 6.56. The number of alkyl halides is 1. The molecular weight excluding hydrogens is 511 g/mol. The lowest BCUT2D eigenvalue weighted by atomic mass is 10.0. The van der Waals surface area contributed by atoms with Crippen LogP contribution < -0.4 is 0 Å². The van der Waals surface area contributed by atoms with Crippen molar-refractivity contribution in [1.82, 2.24) is 9.78 Å². The largest absolute Gasteiger partial charge is 0.465 e. The lowest BCUT2D eigenvalue weighted by molar-refractivity contribution is 0.0549. The Hall–Kier alpha value is -2.52. The number of hydrogen-bond acceptors (Lipinski definition) is 5. The SMILES string of the molecule is COC(=O)c1c(-c2ccc(Br)c(CBr)c2F)nn(-c2ccccc2)c1C(=O)OC. The first-order chi connectivity index (χ1) is 13.9. The summed E-state index contributed by atoms with van der Waals surface area (Å²) in [5.74, 6) is -2.20. The van der Waals surface area contributed by atoms with Crippen LogP contribution in [0.3, 0.4) is 0 Å². The highest BCUT2D eigenvalue weighted by molar-refractivity contribution is 9.10. The van der Waals surface area contributed by atoms with E-state index in [4.69, 9.17) is 9.47 Å². The molecule has 0 saturated heterocycles. The second-order valence-electron chi connectivity index (χ2n) is 5.82. The summed E-state index contributed by atoms with van der Waals surface area (Å²) in [5, 5.41) is 4.64. The second-order valence-corrected chi connectivity index (χ2v) is 7.24. The van der Waals surface area contributed by atoms with Gasteiger partial charge in [-0.3, -0.25) is 0 Å². The van der Waals surface area contributed by atoms with Crippen molar-refractivity contribution in [2.24, 2.45) is 0 Å². The van der Waals surface area contributed by atoms with Crippen LogP contribution in [0.2, 0.25) is 0 Å². The smallest absolute Gasteiger partial charge is 0.357 e. The summed E-state index contributed by atoms with van der Waals surface area (Å²) in [6.45, 7) is 0. The quantitative estimate of drug-likeness (QED) is 0.349. The monoisotopic (exact) mass is 524 g/mol. The third-order valence-electron chi connectivity index (χ3n) is 4.23. The van der Waals surface area contributed by atoms with Gasteiger partial charge in [0.15, 0.2) is 5.69 Å². The summed E-state index contributed by atoms with van der Waals surface area (Å²) in [5.41, 5.74) is 0.569. The number of rotatable bonds is 5. The minimum Gasteiger partial charge on any atom is -0.465 e. The van der Waals surface area contributed by atoms with E-state index in [0.717, 1.165) is 0 Å². The lowest BCUT2D eigenvalue weighted by Gasteiger charge is -2.08. The van der Waals surface area contributed by atoms with Gasteiger partial charge in [0.1, 0.15) is 17.1 Å². The van der Waals surface area contributed by atoms with Crippen molar-refractivity contribution in [1.29, 1.82) is 0 Å². The number of halogens is 3. The molecule has 0 fully saturated rings. The molecule has 0 aliphatic carbocycles. The Labute approximate surface area is 182 Å². The maximum Gasteiger partial charge on any atom is 0.357 e. The first-order valence-electron chi connectivity index (χ1n) is 8.32. The van der Waals surface area contributed by atoms with Crippen LogP contribution in [0.5, 0.6) is 0 Å². The van der Waals surface area contributed by atoms with Gasteiger partial charge in [0.05, 0.1) is 19.9 Å². The molecule has 0 unspecified atom stereocenters. The van der Waals surface area contributed by atoms with Gasteiger partial charge >= 0.3 is 11.9 Å². The van der Waals surface area contributed by atoms with Crippen LogP contribution in [0.1, 0.15) is 26.4 Å². The number of carbonyl (C=O) groups is 2. The normalized spacial score (nSPS) is 10.7. The lowest BCUT2D eigenvalue weighted by Crippen LogP contribution is -2.15. The molecule has 3 aromatic rings. The fraction of sp³-hybridized carbons (Fsp3) is 0.150. The van der Waals surface area contributed by atoms with Crippen LogP contribution in [0.4, 0.5) is 4.39 Å². The highest BCUT2D eigenvalue weighted by atomic mass is 79.9. The molecule has 9 heteroatoms. The van der Waals surface area contributed by atoms with Crippen molar-refractivity contribution in [3.05, 3.63) is 69.6 Å². The van der Waals surface area contributed by atoms with E-state index in [0.29, 0.717) is 15.7 Å². The number of methoxy groups -OCH3 is 2. The number of para-hydroxylation sites is 1. The van der Waals surface area contributed by atoms with E-state index in [1.807, 2.05) is 0 Å². The van der Waals surface area contributed by atoms with Crippen molar-refractivity contribution in [2.75, 3.05) is 14.2 Å². The summed E-state index contributed by atoms with van der Waals surface area (Å²) < 4.78 is 26.8. The topological polar surface area (TPSA) is 70.4 Å². The first kappa shape index (κ1) is 21.2. The Morgan fingerprint density at radius 1 is 1.07 bits per heavy atom. The average Bonchev–Trinajstić information content (AvgIpc) is 3.14. The maximum absolute atomic E-state index is 15.2. The van der Waals surface area contributed by atoms with E-state index in [1.54, 1.807) is 36.4 Å². The van der Waals surface area contributed by atoms with Crippen molar-refractivity contribution in [3.63, 3.8) is 0 Å². The number of hydrogen-bond donors (Lipinski definition) is 0. The van der Waals surface area contributed by atoms with Gasteiger partial charge in [-0.25, -0.2) is 18.7 Å². The third kappa shape index (κ3) is 3.84. The Bertz CT molecular complexity index is 1080. The van der Waals surface area contributed by atoms with Gasteiger partial charge in [-0.1, -0.05) is 50.1 Å². The molecule has 150 valence electrons. The molecule has 3 rings (SSSR count). The standard InChI is InChI=1S/C20H15Br2FN2O4/c1-28-19(26)15-17(12-8-9-14(22)13(10-21)16(12)23)24-25(18(15)20(27)29-2)11-6-4-3-5-7-11/h3-9H,10H2,1-2H3. The van der Waals surface area contributed by atoms with Crippen molar-refractivity contribution in [2.45, 2.75) is 5.33 Å². The Morgan fingerprint density at radius 2 is 1.72 bits per heavy atom. The molecule has 0 aliphatic rings. The predicted molar refractivity (Wildman–Crippen MR) is 112 cm³/mol. The number of carbonyl (C=O) groups excluding carboxylic acids is 2. The highest BCUT2D eigenvalue weighted by Crippen LogP contribution is 2.34. The third-order valence-corrected chi connectivity index (χ3v) is 5.53. The van der Waals surface area contributed by atoms with E-state index in [-0.39, 0.29) is 27.8 Å². The van der Waals surface area contributed by atoms with Crippen LogP contribution in [-0.2, 0) is 14.8 Å². The zero-order valence-corrected chi connectivity index (χ0v) is 18.6. The van der Waals surface area contributed by atoms with Crippen LogP contribution in [-0.4, -0.2) is 35.9 Å². The Kier molecular flexibility index (Phi) is 6.49. The van der Waals surface area contributed by atoms with Gasteiger partial charge < -0.3 is 9.47 Å². The Morgan fingerprint density at radius 3 is 2.31 bits per heavy atom. The fourth-order valence-electron chi connectivity index (χ4n) is 2.85.